The highest BCUT2D eigenvalue weighted by Crippen LogP contribution is 2.34. The van der Waals surface area contributed by atoms with Gasteiger partial charge in [0.05, 0.1) is 30.2 Å². The molecule has 182 valence electrons. The minimum absolute atomic E-state index is 0.584. The first kappa shape index (κ1) is 22.2. The van der Waals surface area contributed by atoms with Crippen LogP contribution in [0.1, 0.15) is 18.3 Å². The average Bonchev–Trinajstić information content (AvgIpc) is 3.17. The Morgan fingerprint density at radius 3 is 2.72 bits per heavy atom. The van der Waals surface area contributed by atoms with Crippen LogP contribution in [0.2, 0.25) is 0 Å². The number of aromatic nitrogens is 4. The van der Waals surface area contributed by atoms with E-state index < -0.39 is 0 Å². The van der Waals surface area contributed by atoms with Crippen molar-refractivity contribution in [1.82, 2.24) is 19.9 Å². The first-order chi connectivity index (χ1) is 17.6. The number of aromatic amines is 1. The van der Waals surface area contributed by atoms with Gasteiger partial charge in [-0.3, -0.25) is 0 Å². The van der Waals surface area contributed by atoms with Gasteiger partial charge in [0.2, 0.25) is 5.95 Å². The average molecular weight is 481 g/mol. The van der Waals surface area contributed by atoms with Crippen LogP contribution >= 0.6 is 0 Å². The van der Waals surface area contributed by atoms with E-state index in [-0.39, 0.29) is 0 Å². The van der Waals surface area contributed by atoms with Gasteiger partial charge in [-0.05, 0) is 61.4 Å². The zero-order valence-corrected chi connectivity index (χ0v) is 20.6. The maximum atomic E-state index is 6.14. The number of aryl methyl sites for hydroxylation is 1. The second-order valence-corrected chi connectivity index (χ2v) is 8.92. The molecule has 0 spiro atoms. The third kappa shape index (κ3) is 4.04. The van der Waals surface area contributed by atoms with Gasteiger partial charge in [-0.25, -0.2) is 15.0 Å². The van der Waals surface area contributed by atoms with E-state index in [1.807, 2.05) is 25.1 Å². The van der Waals surface area contributed by atoms with Crippen LogP contribution in [-0.2, 0) is 6.54 Å². The maximum absolute atomic E-state index is 6.14. The number of hydrogen-bond donors (Lipinski definition) is 2. The first-order valence-electron chi connectivity index (χ1n) is 12.2. The van der Waals surface area contributed by atoms with Crippen molar-refractivity contribution in [1.29, 1.82) is 0 Å². The summed E-state index contributed by atoms with van der Waals surface area (Å²) < 4.78 is 11.5. The van der Waals surface area contributed by atoms with Crippen LogP contribution in [-0.4, -0.2) is 46.7 Å². The fraction of sp³-hybridized carbons (Fsp3) is 0.250. The lowest BCUT2D eigenvalue weighted by Gasteiger charge is -2.23. The van der Waals surface area contributed by atoms with Crippen molar-refractivity contribution in [2.75, 3.05) is 37.0 Å². The summed E-state index contributed by atoms with van der Waals surface area (Å²) in [5.41, 5.74) is 6.22. The van der Waals surface area contributed by atoms with E-state index in [0.29, 0.717) is 13.2 Å². The zero-order chi connectivity index (χ0) is 24.6. The Labute approximate surface area is 209 Å². The summed E-state index contributed by atoms with van der Waals surface area (Å²) in [6.07, 6.45) is 0. The van der Waals surface area contributed by atoms with Gasteiger partial charge in [-0.1, -0.05) is 12.1 Å². The lowest BCUT2D eigenvalue weighted by molar-refractivity contribution is 0.331. The number of ether oxygens (including phenoxy) is 2. The second-order valence-electron chi connectivity index (χ2n) is 8.92. The van der Waals surface area contributed by atoms with E-state index in [4.69, 9.17) is 14.5 Å². The molecule has 0 atom stereocenters. The third-order valence-electron chi connectivity index (χ3n) is 6.50. The number of imidazole rings is 1. The van der Waals surface area contributed by atoms with Crippen molar-refractivity contribution in [3.8, 4) is 22.6 Å². The monoisotopic (exact) mass is 480 g/mol. The number of hydrogen-bond acceptors (Lipinski definition) is 7. The fourth-order valence-corrected chi connectivity index (χ4v) is 4.77. The highest BCUT2D eigenvalue weighted by atomic mass is 16.5. The molecule has 36 heavy (non-hydrogen) atoms. The fourth-order valence-electron chi connectivity index (χ4n) is 4.77. The smallest absolute Gasteiger partial charge is 0.201 e. The van der Waals surface area contributed by atoms with Gasteiger partial charge in [0.15, 0.2) is 0 Å². The number of rotatable bonds is 5. The minimum atomic E-state index is 0.584. The van der Waals surface area contributed by atoms with Crippen LogP contribution in [0.3, 0.4) is 0 Å². The van der Waals surface area contributed by atoms with Crippen LogP contribution in [0.25, 0.3) is 33.1 Å². The quantitative estimate of drug-likeness (QED) is 0.352. The van der Waals surface area contributed by atoms with Crippen molar-refractivity contribution in [3.05, 3.63) is 66.0 Å². The summed E-state index contributed by atoms with van der Waals surface area (Å²) in [5.74, 6) is 4.13. The maximum Gasteiger partial charge on any atom is 0.201 e. The van der Waals surface area contributed by atoms with Gasteiger partial charge < -0.3 is 24.7 Å². The summed E-state index contributed by atoms with van der Waals surface area (Å²) in [7, 11) is 1.67. The molecule has 8 heteroatoms. The predicted octanol–water partition coefficient (Wildman–Crippen LogP) is 5.32. The largest absolute Gasteiger partial charge is 0.497 e. The summed E-state index contributed by atoms with van der Waals surface area (Å²) in [6, 6.07) is 18.7. The first-order valence-corrected chi connectivity index (χ1v) is 12.2. The molecule has 2 N–H and O–H groups in total. The Hall–Kier alpha value is -4.33. The molecule has 5 aromatic rings. The molecule has 0 saturated carbocycles. The summed E-state index contributed by atoms with van der Waals surface area (Å²) in [6.45, 7) is 6.81. The molecule has 0 aliphatic carbocycles. The molecule has 0 amide bonds. The van der Waals surface area contributed by atoms with E-state index in [2.05, 4.69) is 68.5 Å². The molecule has 8 nitrogen and oxygen atoms in total. The Morgan fingerprint density at radius 1 is 1.00 bits per heavy atom. The lowest BCUT2D eigenvalue weighted by atomic mass is 10.0. The van der Waals surface area contributed by atoms with Crippen molar-refractivity contribution in [3.63, 3.8) is 0 Å². The van der Waals surface area contributed by atoms with Gasteiger partial charge in [-0.2, -0.15) is 0 Å². The van der Waals surface area contributed by atoms with E-state index >= 15 is 0 Å². The van der Waals surface area contributed by atoms with Crippen molar-refractivity contribution >= 4 is 33.7 Å². The molecule has 3 aromatic carbocycles. The van der Waals surface area contributed by atoms with E-state index in [9.17, 15) is 0 Å². The van der Waals surface area contributed by atoms with Crippen LogP contribution in [0.4, 0.5) is 11.8 Å². The van der Waals surface area contributed by atoms with Crippen LogP contribution in [0.5, 0.6) is 11.5 Å². The standard InChI is InChI=1S/C28H28N6O2/c1-4-29-28-32-23-9-5-19(14-25(23)33-28)18-6-10-26-20(13-18)16-34(11-12-36-26)27-22-8-7-21(35-3)15-24(22)30-17(2)31-27/h5-10,13-15H,4,11-12,16H2,1-3H3,(H2,29,32,33). The number of H-pyrrole nitrogens is 1. The number of benzene rings is 3. The molecule has 1 aliphatic rings. The molecule has 0 bridgehead atoms. The van der Waals surface area contributed by atoms with E-state index in [0.717, 1.165) is 80.8 Å². The topological polar surface area (TPSA) is 88.2 Å². The summed E-state index contributed by atoms with van der Waals surface area (Å²) in [5, 5.41) is 4.24. The molecular weight excluding hydrogens is 452 g/mol. The lowest BCUT2D eigenvalue weighted by Crippen LogP contribution is -2.26. The number of methoxy groups -OCH3 is 1. The van der Waals surface area contributed by atoms with Gasteiger partial charge in [0.1, 0.15) is 29.7 Å². The summed E-state index contributed by atoms with van der Waals surface area (Å²) in [4.78, 5) is 19.7. The molecule has 2 aromatic heterocycles. The predicted molar refractivity (Wildman–Crippen MR) is 143 cm³/mol. The van der Waals surface area contributed by atoms with Crippen LogP contribution < -0.4 is 19.7 Å². The Kier molecular flexibility index (Phi) is 5.56. The zero-order valence-electron chi connectivity index (χ0n) is 20.6. The minimum Gasteiger partial charge on any atom is -0.497 e. The highest BCUT2D eigenvalue weighted by molar-refractivity contribution is 5.90. The molecule has 6 rings (SSSR count). The third-order valence-corrected chi connectivity index (χ3v) is 6.50. The number of anilines is 2. The molecule has 1 aliphatic heterocycles. The van der Waals surface area contributed by atoms with Crippen LogP contribution in [0, 0.1) is 6.92 Å². The van der Waals surface area contributed by atoms with Crippen molar-refractivity contribution < 1.29 is 9.47 Å². The normalized spacial score (nSPS) is 13.4. The number of nitrogens with zero attached hydrogens (tertiary/aromatic N) is 4. The highest BCUT2D eigenvalue weighted by Gasteiger charge is 2.20. The summed E-state index contributed by atoms with van der Waals surface area (Å²) >= 11 is 0. The molecule has 0 saturated heterocycles. The molecule has 0 radical (unpaired) electrons. The second kappa shape index (κ2) is 9.03. The van der Waals surface area contributed by atoms with Gasteiger partial charge in [0, 0.05) is 30.1 Å². The van der Waals surface area contributed by atoms with Crippen molar-refractivity contribution in [2.45, 2.75) is 20.4 Å². The van der Waals surface area contributed by atoms with Gasteiger partial charge in [0.25, 0.3) is 0 Å². The number of fused-ring (bicyclic) bond motifs is 3. The van der Waals surface area contributed by atoms with E-state index in [1.165, 1.54) is 0 Å². The molecule has 0 unspecified atom stereocenters. The number of nitrogens with one attached hydrogen (secondary N) is 2. The Balaban J connectivity index is 1.36. The van der Waals surface area contributed by atoms with Crippen molar-refractivity contribution in [2.24, 2.45) is 0 Å². The SMILES string of the molecule is CCNc1nc2ccc(-c3ccc4c(c3)CN(c3nc(C)nc5cc(OC)ccc35)CCO4)cc2[nH]1. The van der Waals surface area contributed by atoms with Gasteiger partial charge >= 0.3 is 0 Å². The molecule has 0 fully saturated rings. The van der Waals surface area contributed by atoms with E-state index in [1.54, 1.807) is 7.11 Å². The van der Waals surface area contributed by atoms with Crippen LogP contribution in [0.15, 0.2) is 54.6 Å². The Bertz CT molecular complexity index is 1580. The molecular formula is C28H28N6O2. The molecule has 3 heterocycles. The Morgan fingerprint density at radius 2 is 1.86 bits per heavy atom. The van der Waals surface area contributed by atoms with Gasteiger partial charge in [-0.15, -0.1) is 0 Å².